The average molecular weight is 252 g/mol. The lowest BCUT2D eigenvalue weighted by molar-refractivity contribution is 0.340. The maximum atomic E-state index is 5.54. The monoisotopic (exact) mass is 251 g/mol. The van der Waals surface area contributed by atoms with Crippen LogP contribution >= 0.6 is 15.9 Å². The molecule has 72 valence electrons. The SMILES string of the molecule is CCOc1c(Br)ncc2ccccc12. The van der Waals surface area contributed by atoms with Gasteiger partial charge in [0.1, 0.15) is 4.60 Å². The third-order valence-electron chi connectivity index (χ3n) is 2.00. The predicted molar refractivity (Wildman–Crippen MR) is 60.6 cm³/mol. The van der Waals surface area contributed by atoms with E-state index in [9.17, 15) is 0 Å². The molecule has 14 heavy (non-hydrogen) atoms. The molecule has 1 aromatic carbocycles. The molecule has 0 saturated heterocycles. The van der Waals surface area contributed by atoms with E-state index in [1.807, 2.05) is 37.4 Å². The lowest BCUT2D eigenvalue weighted by Crippen LogP contribution is -1.94. The van der Waals surface area contributed by atoms with Gasteiger partial charge in [-0.05, 0) is 22.9 Å². The van der Waals surface area contributed by atoms with Gasteiger partial charge in [0.05, 0.1) is 6.61 Å². The lowest BCUT2D eigenvalue weighted by Gasteiger charge is -2.08. The van der Waals surface area contributed by atoms with Crippen molar-refractivity contribution in [3.8, 4) is 5.75 Å². The summed E-state index contributed by atoms with van der Waals surface area (Å²) in [6, 6.07) is 8.05. The Labute approximate surface area is 91.0 Å². The second-order valence-electron chi connectivity index (χ2n) is 2.90. The topological polar surface area (TPSA) is 22.1 Å². The van der Waals surface area contributed by atoms with Gasteiger partial charge in [0, 0.05) is 17.0 Å². The molecule has 0 aliphatic rings. The Morgan fingerprint density at radius 3 is 2.93 bits per heavy atom. The first-order valence-corrected chi connectivity index (χ1v) is 5.28. The highest BCUT2D eigenvalue weighted by atomic mass is 79.9. The third kappa shape index (κ3) is 1.60. The largest absolute Gasteiger partial charge is 0.490 e. The number of nitrogens with zero attached hydrogens (tertiary/aromatic N) is 1. The Morgan fingerprint density at radius 2 is 2.14 bits per heavy atom. The van der Waals surface area contributed by atoms with Crippen molar-refractivity contribution in [2.45, 2.75) is 6.92 Å². The number of hydrogen-bond donors (Lipinski definition) is 0. The van der Waals surface area contributed by atoms with Crippen molar-refractivity contribution in [2.24, 2.45) is 0 Å². The fourth-order valence-electron chi connectivity index (χ4n) is 1.39. The second-order valence-corrected chi connectivity index (χ2v) is 3.65. The Kier molecular flexibility index (Phi) is 2.68. The highest BCUT2D eigenvalue weighted by Gasteiger charge is 2.06. The molecule has 0 saturated carbocycles. The van der Waals surface area contributed by atoms with Crippen molar-refractivity contribution in [3.05, 3.63) is 35.1 Å². The molecule has 2 nitrogen and oxygen atoms in total. The van der Waals surface area contributed by atoms with Crippen molar-refractivity contribution in [1.82, 2.24) is 4.98 Å². The Morgan fingerprint density at radius 1 is 1.36 bits per heavy atom. The van der Waals surface area contributed by atoms with E-state index in [2.05, 4.69) is 20.9 Å². The molecule has 0 spiro atoms. The zero-order chi connectivity index (χ0) is 9.97. The van der Waals surface area contributed by atoms with Crippen LogP contribution in [0.2, 0.25) is 0 Å². The van der Waals surface area contributed by atoms with Crippen LogP contribution < -0.4 is 4.74 Å². The van der Waals surface area contributed by atoms with Gasteiger partial charge >= 0.3 is 0 Å². The summed E-state index contributed by atoms with van der Waals surface area (Å²) in [6.45, 7) is 2.61. The molecule has 1 aromatic heterocycles. The van der Waals surface area contributed by atoms with E-state index in [0.29, 0.717) is 6.61 Å². The molecule has 0 unspecified atom stereocenters. The van der Waals surface area contributed by atoms with Crippen LogP contribution in [0.4, 0.5) is 0 Å². The molecular formula is C11H10BrNO. The van der Waals surface area contributed by atoms with Gasteiger partial charge in [0.15, 0.2) is 5.75 Å². The molecule has 0 atom stereocenters. The number of rotatable bonds is 2. The molecular weight excluding hydrogens is 242 g/mol. The zero-order valence-corrected chi connectivity index (χ0v) is 9.41. The van der Waals surface area contributed by atoms with Gasteiger partial charge < -0.3 is 4.74 Å². The molecule has 0 amide bonds. The molecule has 0 fully saturated rings. The van der Waals surface area contributed by atoms with Gasteiger partial charge in [-0.2, -0.15) is 0 Å². The van der Waals surface area contributed by atoms with E-state index in [-0.39, 0.29) is 0 Å². The molecule has 2 aromatic rings. The molecule has 3 heteroatoms. The van der Waals surface area contributed by atoms with E-state index in [1.165, 1.54) is 0 Å². The van der Waals surface area contributed by atoms with E-state index in [4.69, 9.17) is 4.74 Å². The summed E-state index contributed by atoms with van der Waals surface area (Å²) in [5, 5.41) is 2.19. The van der Waals surface area contributed by atoms with Crippen molar-refractivity contribution >= 4 is 26.7 Å². The molecule has 0 radical (unpaired) electrons. The minimum Gasteiger partial charge on any atom is -0.490 e. The van der Waals surface area contributed by atoms with Crippen LogP contribution in [0.15, 0.2) is 35.1 Å². The van der Waals surface area contributed by atoms with E-state index in [1.54, 1.807) is 0 Å². The predicted octanol–water partition coefficient (Wildman–Crippen LogP) is 3.40. The van der Waals surface area contributed by atoms with E-state index >= 15 is 0 Å². The van der Waals surface area contributed by atoms with Gasteiger partial charge in [-0.15, -0.1) is 0 Å². The van der Waals surface area contributed by atoms with Crippen LogP contribution in [0, 0.1) is 0 Å². The van der Waals surface area contributed by atoms with Crippen LogP contribution in [0.25, 0.3) is 10.8 Å². The van der Waals surface area contributed by atoms with Crippen molar-refractivity contribution in [1.29, 1.82) is 0 Å². The van der Waals surface area contributed by atoms with Crippen molar-refractivity contribution < 1.29 is 4.74 Å². The van der Waals surface area contributed by atoms with Gasteiger partial charge in [-0.1, -0.05) is 24.3 Å². The first-order chi connectivity index (χ1) is 6.83. The first kappa shape index (κ1) is 9.46. The van der Waals surface area contributed by atoms with Crippen LogP contribution in [0.3, 0.4) is 0 Å². The number of aromatic nitrogens is 1. The van der Waals surface area contributed by atoms with Crippen LogP contribution in [-0.2, 0) is 0 Å². The van der Waals surface area contributed by atoms with Gasteiger partial charge in [-0.25, -0.2) is 4.98 Å². The normalized spacial score (nSPS) is 10.4. The quantitative estimate of drug-likeness (QED) is 0.764. The fraction of sp³-hybridized carbons (Fsp3) is 0.182. The number of halogens is 1. The maximum absolute atomic E-state index is 5.54. The summed E-state index contributed by atoms with van der Waals surface area (Å²) in [5.74, 6) is 0.825. The summed E-state index contributed by atoms with van der Waals surface area (Å²) in [5.41, 5.74) is 0. The molecule has 0 aliphatic heterocycles. The minimum absolute atomic E-state index is 0.647. The highest BCUT2D eigenvalue weighted by Crippen LogP contribution is 2.31. The van der Waals surface area contributed by atoms with Gasteiger partial charge in [0.2, 0.25) is 0 Å². The number of fused-ring (bicyclic) bond motifs is 1. The summed E-state index contributed by atoms with van der Waals surface area (Å²) in [7, 11) is 0. The standard InChI is InChI=1S/C11H10BrNO/c1-2-14-10-9-6-4-3-5-8(9)7-13-11(10)12/h3-7H,2H2,1H3. The molecule has 2 rings (SSSR count). The Hall–Kier alpha value is -1.09. The summed E-state index contributed by atoms with van der Waals surface area (Å²) < 4.78 is 6.30. The van der Waals surface area contributed by atoms with E-state index in [0.717, 1.165) is 21.1 Å². The first-order valence-electron chi connectivity index (χ1n) is 4.49. The Bertz CT molecular complexity index is 456. The third-order valence-corrected chi connectivity index (χ3v) is 2.56. The zero-order valence-electron chi connectivity index (χ0n) is 7.83. The molecule has 1 heterocycles. The summed E-state index contributed by atoms with van der Waals surface area (Å²) in [4.78, 5) is 4.22. The fourth-order valence-corrected chi connectivity index (χ4v) is 1.82. The van der Waals surface area contributed by atoms with Gasteiger partial charge in [0.25, 0.3) is 0 Å². The van der Waals surface area contributed by atoms with Crippen LogP contribution in [0.5, 0.6) is 5.75 Å². The minimum atomic E-state index is 0.647. The number of benzene rings is 1. The van der Waals surface area contributed by atoms with Crippen molar-refractivity contribution in [3.63, 3.8) is 0 Å². The lowest BCUT2D eigenvalue weighted by atomic mass is 10.2. The number of hydrogen-bond acceptors (Lipinski definition) is 2. The van der Waals surface area contributed by atoms with Crippen molar-refractivity contribution in [2.75, 3.05) is 6.61 Å². The Balaban J connectivity index is 2.69. The number of ether oxygens (including phenoxy) is 1. The molecule has 0 aliphatic carbocycles. The molecule has 0 N–H and O–H groups in total. The van der Waals surface area contributed by atoms with Crippen LogP contribution in [0.1, 0.15) is 6.92 Å². The smallest absolute Gasteiger partial charge is 0.159 e. The van der Waals surface area contributed by atoms with Crippen LogP contribution in [-0.4, -0.2) is 11.6 Å². The van der Waals surface area contributed by atoms with E-state index < -0.39 is 0 Å². The summed E-state index contributed by atoms with van der Waals surface area (Å²) in [6.07, 6.45) is 1.84. The summed E-state index contributed by atoms with van der Waals surface area (Å²) >= 11 is 3.38. The second kappa shape index (κ2) is 3.96. The number of pyridine rings is 1. The highest BCUT2D eigenvalue weighted by molar-refractivity contribution is 9.10. The van der Waals surface area contributed by atoms with Gasteiger partial charge in [-0.3, -0.25) is 0 Å². The average Bonchev–Trinajstić information content (AvgIpc) is 2.23. The molecule has 0 bridgehead atoms. The maximum Gasteiger partial charge on any atom is 0.159 e.